The van der Waals surface area contributed by atoms with Crippen molar-refractivity contribution in [1.82, 2.24) is 9.66 Å². The monoisotopic (exact) mass is 433 g/mol. The van der Waals surface area contributed by atoms with E-state index in [1.165, 1.54) is 12.1 Å². The Bertz CT molecular complexity index is 1170. The van der Waals surface area contributed by atoms with Gasteiger partial charge in [0.1, 0.15) is 5.82 Å². The molecular formula is C18H10F7N3O2. The number of alkyl halides is 6. The molecule has 0 fully saturated rings. The van der Waals surface area contributed by atoms with Crippen LogP contribution in [0.4, 0.5) is 30.7 Å². The lowest BCUT2D eigenvalue weighted by atomic mass is 10.1. The highest BCUT2D eigenvalue weighted by molar-refractivity contribution is 5.87. The van der Waals surface area contributed by atoms with Gasteiger partial charge in [-0.15, -0.1) is 0 Å². The topological polar surface area (TPSA) is 64.0 Å². The van der Waals surface area contributed by atoms with Crippen LogP contribution >= 0.6 is 0 Å². The SMILES string of the molecule is O=C(Cc1ccc(F)cc1)Nn1c(C(F)(F)F)nc2c(C(F)(F)F)cccc2c1=O. The molecule has 0 aliphatic rings. The van der Waals surface area contributed by atoms with Crippen LogP contribution in [0.3, 0.4) is 0 Å². The van der Waals surface area contributed by atoms with Crippen molar-refractivity contribution >= 4 is 16.8 Å². The van der Waals surface area contributed by atoms with Gasteiger partial charge in [-0.2, -0.15) is 31.0 Å². The molecule has 0 saturated carbocycles. The van der Waals surface area contributed by atoms with E-state index in [9.17, 15) is 40.3 Å². The number of nitrogens with zero attached hydrogens (tertiary/aromatic N) is 2. The number of nitrogens with one attached hydrogen (secondary N) is 1. The first-order valence-corrected chi connectivity index (χ1v) is 8.12. The summed E-state index contributed by atoms with van der Waals surface area (Å²) in [6, 6.07) is 6.65. The van der Waals surface area contributed by atoms with Crippen molar-refractivity contribution < 1.29 is 35.5 Å². The molecule has 2 aromatic carbocycles. The molecule has 0 radical (unpaired) electrons. The van der Waals surface area contributed by atoms with Crippen LogP contribution in [-0.2, 0) is 23.6 Å². The Morgan fingerprint density at radius 2 is 1.60 bits per heavy atom. The standard InChI is InChI=1S/C18H10F7N3O2/c19-10-6-4-9(5-7-10)8-13(29)27-28-15(30)11-2-1-3-12(17(20,21)22)14(11)26-16(28)18(23,24)25/h1-7H,8H2,(H,27,29). The highest BCUT2D eigenvalue weighted by atomic mass is 19.4. The van der Waals surface area contributed by atoms with Gasteiger partial charge in [-0.3, -0.25) is 15.0 Å². The Hall–Kier alpha value is -3.44. The molecule has 30 heavy (non-hydrogen) atoms. The molecule has 0 saturated heterocycles. The molecule has 1 heterocycles. The number of hydrogen-bond donors (Lipinski definition) is 1. The number of hydrogen-bond acceptors (Lipinski definition) is 3. The number of rotatable bonds is 3. The summed E-state index contributed by atoms with van der Waals surface area (Å²) >= 11 is 0. The molecule has 0 aliphatic heterocycles. The normalized spacial score (nSPS) is 12.2. The lowest BCUT2D eigenvalue weighted by molar-refractivity contribution is -0.148. The highest BCUT2D eigenvalue weighted by Crippen LogP contribution is 2.34. The summed E-state index contributed by atoms with van der Waals surface area (Å²) < 4.78 is 92.3. The third-order valence-corrected chi connectivity index (χ3v) is 3.97. The second-order valence-electron chi connectivity index (χ2n) is 6.11. The molecule has 158 valence electrons. The van der Waals surface area contributed by atoms with Crippen LogP contribution in [0.2, 0.25) is 0 Å². The Balaban J connectivity index is 2.11. The maximum atomic E-state index is 13.4. The predicted molar refractivity (Wildman–Crippen MR) is 90.5 cm³/mol. The van der Waals surface area contributed by atoms with Gasteiger partial charge < -0.3 is 0 Å². The summed E-state index contributed by atoms with van der Waals surface area (Å²) in [7, 11) is 0. The number of benzene rings is 2. The predicted octanol–water partition coefficient (Wildman–Crippen LogP) is 3.89. The Labute approximate surface area is 162 Å². The lowest BCUT2D eigenvalue weighted by Gasteiger charge is -2.17. The summed E-state index contributed by atoms with van der Waals surface area (Å²) in [6.07, 6.45) is -10.9. The van der Waals surface area contributed by atoms with Crippen LogP contribution in [0, 0.1) is 5.82 Å². The second kappa shape index (κ2) is 7.43. The minimum Gasteiger partial charge on any atom is -0.273 e. The number of halogens is 7. The van der Waals surface area contributed by atoms with Gasteiger partial charge in [-0.05, 0) is 29.8 Å². The first kappa shape index (κ1) is 21.3. The molecule has 0 atom stereocenters. The van der Waals surface area contributed by atoms with E-state index in [1.54, 1.807) is 5.43 Å². The van der Waals surface area contributed by atoms with Crippen molar-refractivity contribution in [3.63, 3.8) is 0 Å². The number of carbonyl (C=O) groups is 1. The van der Waals surface area contributed by atoms with E-state index in [4.69, 9.17) is 0 Å². The zero-order chi connectivity index (χ0) is 22.3. The van der Waals surface area contributed by atoms with Gasteiger partial charge in [0.05, 0.1) is 22.9 Å². The van der Waals surface area contributed by atoms with Crippen LogP contribution < -0.4 is 11.0 Å². The van der Waals surface area contributed by atoms with Gasteiger partial charge >= 0.3 is 12.4 Å². The van der Waals surface area contributed by atoms with Crippen molar-refractivity contribution in [1.29, 1.82) is 0 Å². The molecule has 0 unspecified atom stereocenters. The summed E-state index contributed by atoms with van der Waals surface area (Å²) in [5.74, 6) is -3.72. The molecule has 1 N–H and O–H groups in total. The number of para-hydroxylation sites is 1. The summed E-state index contributed by atoms with van der Waals surface area (Å²) in [4.78, 5) is 27.6. The van der Waals surface area contributed by atoms with Gasteiger partial charge in [0.25, 0.3) is 5.56 Å². The average Bonchev–Trinajstić information content (AvgIpc) is 2.63. The molecule has 1 amide bonds. The van der Waals surface area contributed by atoms with E-state index in [1.807, 2.05) is 0 Å². The number of carbonyl (C=O) groups excluding carboxylic acids is 1. The quantitative estimate of drug-likeness (QED) is 0.638. The smallest absolute Gasteiger partial charge is 0.273 e. The van der Waals surface area contributed by atoms with Crippen molar-refractivity contribution in [2.75, 3.05) is 5.43 Å². The van der Waals surface area contributed by atoms with Crippen molar-refractivity contribution in [3.05, 3.63) is 75.6 Å². The molecule has 3 rings (SSSR count). The van der Waals surface area contributed by atoms with E-state index in [0.29, 0.717) is 6.07 Å². The zero-order valence-corrected chi connectivity index (χ0v) is 14.6. The third-order valence-electron chi connectivity index (χ3n) is 3.97. The summed E-state index contributed by atoms with van der Waals surface area (Å²) in [5.41, 5.74) is -2.31. The maximum absolute atomic E-state index is 13.4. The Morgan fingerprint density at radius 3 is 2.17 bits per heavy atom. The van der Waals surface area contributed by atoms with Crippen LogP contribution in [0.5, 0.6) is 0 Å². The van der Waals surface area contributed by atoms with Gasteiger partial charge in [-0.25, -0.2) is 9.37 Å². The molecule has 0 bridgehead atoms. The van der Waals surface area contributed by atoms with Gasteiger partial charge in [0.2, 0.25) is 11.7 Å². The zero-order valence-electron chi connectivity index (χ0n) is 14.6. The largest absolute Gasteiger partial charge is 0.451 e. The van der Waals surface area contributed by atoms with Crippen LogP contribution in [-0.4, -0.2) is 15.6 Å². The molecule has 1 aromatic heterocycles. The molecule has 12 heteroatoms. The van der Waals surface area contributed by atoms with Crippen LogP contribution in [0.25, 0.3) is 10.9 Å². The maximum Gasteiger partial charge on any atom is 0.451 e. The van der Waals surface area contributed by atoms with Crippen molar-refractivity contribution in [3.8, 4) is 0 Å². The molecular weight excluding hydrogens is 423 g/mol. The van der Waals surface area contributed by atoms with E-state index in [-0.39, 0.29) is 10.2 Å². The van der Waals surface area contributed by atoms with Crippen molar-refractivity contribution in [2.24, 2.45) is 0 Å². The molecule has 3 aromatic rings. The van der Waals surface area contributed by atoms with Gasteiger partial charge in [0, 0.05) is 0 Å². The van der Waals surface area contributed by atoms with E-state index in [2.05, 4.69) is 4.98 Å². The fourth-order valence-electron chi connectivity index (χ4n) is 2.68. The first-order valence-electron chi connectivity index (χ1n) is 8.12. The van der Waals surface area contributed by atoms with Crippen LogP contribution in [0.15, 0.2) is 47.3 Å². The van der Waals surface area contributed by atoms with Crippen molar-refractivity contribution in [2.45, 2.75) is 18.8 Å². The lowest BCUT2D eigenvalue weighted by Crippen LogP contribution is -2.39. The van der Waals surface area contributed by atoms with E-state index in [0.717, 1.165) is 24.3 Å². The second-order valence-corrected chi connectivity index (χ2v) is 6.11. The fraction of sp³-hybridized carbons (Fsp3) is 0.167. The minimum atomic E-state index is -5.35. The van der Waals surface area contributed by atoms with Gasteiger partial charge in [-0.1, -0.05) is 18.2 Å². The Morgan fingerprint density at radius 1 is 0.967 bits per heavy atom. The number of amides is 1. The minimum absolute atomic E-state index is 0.226. The molecule has 0 spiro atoms. The molecule has 0 aliphatic carbocycles. The number of aromatic nitrogens is 2. The Kier molecular flexibility index (Phi) is 5.27. The average molecular weight is 433 g/mol. The number of fused-ring (bicyclic) bond motifs is 1. The van der Waals surface area contributed by atoms with Gasteiger partial charge in [0.15, 0.2) is 0 Å². The third kappa shape index (κ3) is 4.26. The fourth-order valence-corrected chi connectivity index (χ4v) is 2.68. The van der Waals surface area contributed by atoms with E-state index >= 15 is 0 Å². The summed E-state index contributed by atoms with van der Waals surface area (Å²) in [6.45, 7) is 0. The first-order chi connectivity index (χ1) is 13.9. The molecule has 5 nitrogen and oxygen atoms in total. The highest BCUT2D eigenvalue weighted by Gasteiger charge is 2.40. The summed E-state index contributed by atoms with van der Waals surface area (Å²) in [5, 5.41) is -0.764. The van der Waals surface area contributed by atoms with Crippen LogP contribution in [0.1, 0.15) is 17.0 Å². The van der Waals surface area contributed by atoms with E-state index < -0.39 is 58.3 Å².